The van der Waals surface area contributed by atoms with Gasteiger partial charge in [-0.25, -0.2) is 0 Å². The summed E-state index contributed by atoms with van der Waals surface area (Å²) in [5.41, 5.74) is 17.3. The van der Waals surface area contributed by atoms with Gasteiger partial charge >= 0.3 is 0 Å². The molecule has 0 fully saturated rings. The standard InChI is InChI=1S/C19H32N6O3/c20-10-5-4-8-15(18(27)23-13-14-6-2-1-3-7-14)25-19(28)16(9-11-21)24-17(26)12-22/h1-3,6-7,15-16H,4-5,8-13,20-22H2,(H,23,27)(H,24,26)(H,25,28)/t15-,16?/m0/s1. The van der Waals surface area contributed by atoms with Crippen LogP contribution < -0.4 is 33.2 Å². The third-order valence-corrected chi connectivity index (χ3v) is 4.18. The number of nitrogens with two attached hydrogens (primary N) is 3. The monoisotopic (exact) mass is 392 g/mol. The van der Waals surface area contributed by atoms with E-state index >= 15 is 0 Å². The fourth-order valence-electron chi connectivity index (χ4n) is 2.63. The van der Waals surface area contributed by atoms with E-state index < -0.39 is 23.9 Å². The minimum absolute atomic E-state index is 0.209. The normalized spacial score (nSPS) is 12.7. The van der Waals surface area contributed by atoms with Crippen LogP contribution in [0.25, 0.3) is 0 Å². The highest BCUT2D eigenvalue weighted by atomic mass is 16.2. The molecule has 3 amide bonds. The summed E-state index contributed by atoms with van der Waals surface area (Å²) in [4.78, 5) is 36.7. The zero-order valence-electron chi connectivity index (χ0n) is 16.2. The first-order valence-electron chi connectivity index (χ1n) is 9.53. The highest BCUT2D eigenvalue weighted by molar-refractivity contribution is 5.92. The molecule has 2 atom stereocenters. The largest absolute Gasteiger partial charge is 0.350 e. The molecule has 0 aliphatic carbocycles. The first-order chi connectivity index (χ1) is 13.5. The first kappa shape index (κ1) is 23.5. The number of carbonyl (C=O) groups excluding carboxylic acids is 3. The van der Waals surface area contributed by atoms with Gasteiger partial charge in [0.25, 0.3) is 0 Å². The van der Waals surface area contributed by atoms with Crippen molar-refractivity contribution in [3.63, 3.8) is 0 Å². The van der Waals surface area contributed by atoms with Crippen LogP contribution in [0.2, 0.25) is 0 Å². The zero-order chi connectivity index (χ0) is 20.8. The summed E-state index contributed by atoms with van der Waals surface area (Å²) in [5.74, 6) is -1.20. The van der Waals surface area contributed by atoms with Gasteiger partial charge in [-0.2, -0.15) is 0 Å². The van der Waals surface area contributed by atoms with Crippen LogP contribution >= 0.6 is 0 Å². The van der Waals surface area contributed by atoms with E-state index in [1.807, 2.05) is 30.3 Å². The molecule has 1 aromatic rings. The van der Waals surface area contributed by atoms with Gasteiger partial charge in [-0.15, -0.1) is 0 Å². The number of hydrogen-bond acceptors (Lipinski definition) is 6. The lowest BCUT2D eigenvalue weighted by molar-refractivity contribution is -0.132. The molecule has 0 aliphatic rings. The van der Waals surface area contributed by atoms with Crippen molar-refractivity contribution in [2.24, 2.45) is 17.2 Å². The number of amides is 3. The molecule has 0 saturated carbocycles. The van der Waals surface area contributed by atoms with Crippen LogP contribution in [0.1, 0.15) is 31.2 Å². The minimum atomic E-state index is -0.833. The summed E-state index contributed by atoms with van der Waals surface area (Å²) in [5, 5.41) is 8.09. The van der Waals surface area contributed by atoms with Crippen molar-refractivity contribution in [2.45, 2.75) is 44.3 Å². The average Bonchev–Trinajstić information content (AvgIpc) is 2.71. The molecule has 0 saturated heterocycles. The number of nitrogens with one attached hydrogen (secondary N) is 3. The Labute approximate surface area is 165 Å². The van der Waals surface area contributed by atoms with Crippen LogP contribution in [0.5, 0.6) is 0 Å². The molecule has 0 aromatic heterocycles. The van der Waals surface area contributed by atoms with E-state index in [0.29, 0.717) is 25.9 Å². The average molecular weight is 393 g/mol. The van der Waals surface area contributed by atoms with Gasteiger partial charge in [0.05, 0.1) is 6.54 Å². The van der Waals surface area contributed by atoms with Gasteiger partial charge in [-0.3, -0.25) is 14.4 Å². The molecule has 28 heavy (non-hydrogen) atoms. The van der Waals surface area contributed by atoms with Crippen LogP contribution in [-0.4, -0.2) is 49.4 Å². The molecule has 0 spiro atoms. The summed E-state index contributed by atoms with van der Waals surface area (Å²) in [6.07, 6.45) is 2.13. The van der Waals surface area contributed by atoms with Gasteiger partial charge < -0.3 is 33.2 Å². The number of unbranched alkanes of at least 4 members (excludes halogenated alkanes) is 1. The number of carbonyl (C=O) groups is 3. The highest BCUT2D eigenvalue weighted by Crippen LogP contribution is 2.04. The maximum absolute atomic E-state index is 12.6. The van der Waals surface area contributed by atoms with E-state index in [9.17, 15) is 14.4 Å². The third kappa shape index (κ3) is 8.94. The van der Waals surface area contributed by atoms with Gasteiger partial charge in [0.15, 0.2) is 0 Å². The van der Waals surface area contributed by atoms with E-state index in [1.165, 1.54) is 0 Å². The number of hydrogen-bond donors (Lipinski definition) is 6. The fraction of sp³-hybridized carbons (Fsp3) is 0.526. The molecule has 0 heterocycles. The van der Waals surface area contributed by atoms with E-state index in [2.05, 4.69) is 16.0 Å². The molecule has 9 nitrogen and oxygen atoms in total. The lowest BCUT2D eigenvalue weighted by Crippen LogP contribution is -2.54. The van der Waals surface area contributed by atoms with Crippen LogP contribution in [0.4, 0.5) is 0 Å². The van der Waals surface area contributed by atoms with Crippen molar-refractivity contribution in [2.75, 3.05) is 19.6 Å². The molecule has 1 rings (SSSR count). The fourth-order valence-corrected chi connectivity index (χ4v) is 2.63. The summed E-state index contributed by atoms with van der Waals surface area (Å²) < 4.78 is 0. The Balaban J connectivity index is 2.73. The van der Waals surface area contributed by atoms with Gasteiger partial charge in [0, 0.05) is 6.54 Å². The van der Waals surface area contributed by atoms with E-state index in [-0.39, 0.29) is 25.4 Å². The summed E-state index contributed by atoms with van der Waals surface area (Å²) in [6, 6.07) is 7.93. The SMILES string of the molecule is NCCCC[C@H](NC(=O)C(CCN)NC(=O)CN)C(=O)NCc1ccccc1. The van der Waals surface area contributed by atoms with E-state index in [4.69, 9.17) is 17.2 Å². The molecular weight excluding hydrogens is 360 g/mol. The quantitative estimate of drug-likeness (QED) is 0.228. The van der Waals surface area contributed by atoms with Crippen molar-refractivity contribution < 1.29 is 14.4 Å². The van der Waals surface area contributed by atoms with Crippen LogP contribution in [0, 0.1) is 0 Å². The zero-order valence-corrected chi connectivity index (χ0v) is 16.2. The second kappa shape index (κ2) is 13.6. The Morgan fingerprint density at radius 3 is 2.11 bits per heavy atom. The van der Waals surface area contributed by atoms with Crippen LogP contribution in [0.15, 0.2) is 30.3 Å². The second-order valence-electron chi connectivity index (χ2n) is 6.45. The third-order valence-electron chi connectivity index (χ3n) is 4.18. The molecule has 1 aromatic carbocycles. The molecule has 156 valence electrons. The smallest absolute Gasteiger partial charge is 0.243 e. The summed E-state index contributed by atoms with van der Waals surface area (Å²) in [7, 11) is 0. The first-order valence-corrected chi connectivity index (χ1v) is 9.53. The molecular formula is C19H32N6O3. The van der Waals surface area contributed by atoms with E-state index in [1.54, 1.807) is 0 Å². The predicted molar refractivity (Wildman–Crippen MR) is 108 cm³/mol. The van der Waals surface area contributed by atoms with Crippen LogP contribution in [0.3, 0.4) is 0 Å². The summed E-state index contributed by atoms with van der Waals surface area (Å²) in [6.45, 7) is 0.848. The molecule has 1 unspecified atom stereocenters. The topological polar surface area (TPSA) is 165 Å². The van der Waals surface area contributed by atoms with Crippen molar-refractivity contribution in [3.05, 3.63) is 35.9 Å². The van der Waals surface area contributed by atoms with Crippen molar-refractivity contribution in [1.82, 2.24) is 16.0 Å². The number of benzene rings is 1. The minimum Gasteiger partial charge on any atom is -0.350 e. The lowest BCUT2D eigenvalue weighted by Gasteiger charge is -2.23. The predicted octanol–water partition coefficient (Wildman–Crippen LogP) is -1.29. The van der Waals surface area contributed by atoms with Crippen molar-refractivity contribution >= 4 is 17.7 Å². The molecule has 0 bridgehead atoms. The van der Waals surface area contributed by atoms with Crippen LogP contribution in [-0.2, 0) is 20.9 Å². The Bertz CT molecular complexity index is 611. The molecule has 0 aliphatic heterocycles. The van der Waals surface area contributed by atoms with Crippen molar-refractivity contribution in [1.29, 1.82) is 0 Å². The Morgan fingerprint density at radius 2 is 1.50 bits per heavy atom. The maximum atomic E-state index is 12.6. The van der Waals surface area contributed by atoms with Gasteiger partial charge in [-0.1, -0.05) is 30.3 Å². The van der Waals surface area contributed by atoms with Gasteiger partial charge in [-0.05, 0) is 44.3 Å². The van der Waals surface area contributed by atoms with E-state index in [0.717, 1.165) is 12.0 Å². The van der Waals surface area contributed by atoms with Gasteiger partial charge in [0.1, 0.15) is 12.1 Å². The molecule has 0 radical (unpaired) electrons. The molecule has 9 N–H and O–H groups in total. The molecule has 9 heteroatoms. The Hall–Kier alpha value is -2.49. The highest BCUT2D eigenvalue weighted by Gasteiger charge is 2.25. The lowest BCUT2D eigenvalue weighted by atomic mass is 10.1. The van der Waals surface area contributed by atoms with Gasteiger partial charge in [0.2, 0.25) is 17.7 Å². The second-order valence-corrected chi connectivity index (χ2v) is 6.45. The maximum Gasteiger partial charge on any atom is 0.243 e. The Kier molecular flexibility index (Phi) is 11.5. The summed E-state index contributed by atoms with van der Waals surface area (Å²) >= 11 is 0. The Morgan fingerprint density at radius 1 is 0.821 bits per heavy atom. The van der Waals surface area contributed by atoms with Crippen molar-refractivity contribution in [3.8, 4) is 0 Å². The number of rotatable bonds is 13.